The summed E-state index contributed by atoms with van der Waals surface area (Å²) in [6, 6.07) is 8.93. The van der Waals surface area contributed by atoms with Crippen LogP contribution in [0.1, 0.15) is 24.1 Å². The molecule has 0 saturated carbocycles. The largest absolute Gasteiger partial charge is 0.497 e. The minimum Gasteiger partial charge on any atom is -0.497 e. The van der Waals surface area contributed by atoms with E-state index in [1.54, 1.807) is 7.11 Å². The summed E-state index contributed by atoms with van der Waals surface area (Å²) in [6.45, 7) is 3.39. The number of benzene rings is 1. The second-order valence-electron chi connectivity index (χ2n) is 6.71. The molecule has 1 saturated heterocycles. The summed E-state index contributed by atoms with van der Waals surface area (Å²) >= 11 is 0. The third-order valence-corrected chi connectivity index (χ3v) is 4.77. The SMILES string of the molecule is COc1ccc(CN2CCC(CNc3nccc(C(F)(F)F)n3)CC2)cc1. The van der Waals surface area contributed by atoms with Gasteiger partial charge in [-0.3, -0.25) is 4.90 Å². The first-order valence-corrected chi connectivity index (χ1v) is 8.93. The van der Waals surface area contributed by atoms with Gasteiger partial charge in [-0.25, -0.2) is 9.97 Å². The first-order valence-electron chi connectivity index (χ1n) is 8.93. The van der Waals surface area contributed by atoms with Crippen LogP contribution in [0.5, 0.6) is 5.75 Å². The third kappa shape index (κ3) is 5.56. The average Bonchev–Trinajstić information content (AvgIpc) is 2.68. The van der Waals surface area contributed by atoms with Crippen LogP contribution in [0, 0.1) is 5.92 Å². The van der Waals surface area contributed by atoms with Crippen molar-refractivity contribution >= 4 is 5.95 Å². The number of nitrogens with one attached hydrogen (secondary N) is 1. The Hall–Kier alpha value is -2.35. The van der Waals surface area contributed by atoms with Gasteiger partial charge in [0, 0.05) is 19.3 Å². The van der Waals surface area contributed by atoms with E-state index in [2.05, 4.69) is 32.3 Å². The predicted molar refractivity (Wildman–Crippen MR) is 96.5 cm³/mol. The molecule has 5 nitrogen and oxygen atoms in total. The van der Waals surface area contributed by atoms with Crippen molar-refractivity contribution in [2.24, 2.45) is 5.92 Å². The molecule has 0 bridgehead atoms. The molecule has 8 heteroatoms. The van der Waals surface area contributed by atoms with Crippen LogP contribution in [0.4, 0.5) is 19.1 Å². The summed E-state index contributed by atoms with van der Waals surface area (Å²) in [7, 11) is 1.65. The Bertz CT molecular complexity index is 728. The summed E-state index contributed by atoms with van der Waals surface area (Å²) in [4.78, 5) is 9.81. The topological polar surface area (TPSA) is 50.3 Å². The molecule has 0 radical (unpaired) electrons. The van der Waals surface area contributed by atoms with E-state index < -0.39 is 11.9 Å². The highest BCUT2D eigenvalue weighted by Crippen LogP contribution is 2.27. The number of ether oxygens (including phenoxy) is 1. The minimum atomic E-state index is -4.45. The Morgan fingerprint density at radius 2 is 1.85 bits per heavy atom. The quantitative estimate of drug-likeness (QED) is 0.826. The number of methoxy groups -OCH3 is 1. The Morgan fingerprint density at radius 1 is 1.15 bits per heavy atom. The van der Waals surface area contributed by atoms with Crippen molar-refractivity contribution in [3.8, 4) is 5.75 Å². The maximum atomic E-state index is 12.7. The lowest BCUT2D eigenvalue weighted by atomic mass is 9.96. The number of anilines is 1. The maximum absolute atomic E-state index is 12.7. The van der Waals surface area contributed by atoms with Crippen LogP contribution in [0.25, 0.3) is 0 Å². The second kappa shape index (κ2) is 8.56. The fourth-order valence-electron chi connectivity index (χ4n) is 3.18. The van der Waals surface area contributed by atoms with Gasteiger partial charge < -0.3 is 10.1 Å². The molecule has 1 aliphatic rings. The number of rotatable bonds is 6. The normalized spacial score (nSPS) is 16.3. The number of likely N-dealkylation sites (tertiary alicyclic amines) is 1. The lowest BCUT2D eigenvalue weighted by Gasteiger charge is -2.32. The van der Waals surface area contributed by atoms with Crippen LogP contribution in [-0.4, -0.2) is 41.6 Å². The van der Waals surface area contributed by atoms with E-state index in [1.165, 1.54) is 5.56 Å². The predicted octanol–water partition coefficient (Wildman–Crippen LogP) is 3.83. The molecule has 146 valence electrons. The number of hydrogen-bond acceptors (Lipinski definition) is 5. The molecule has 1 aromatic heterocycles. The molecule has 0 amide bonds. The lowest BCUT2D eigenvalue weighted by molar-refractivity contribution is -0.141. The fraction of sp³-hybridized carbons (Fsp3) is 0.474. The van der Waals surface area contributed by atoms with Crippen LogP contribution >= 0.6 is 0 Å². The minimum absolute atomic E-state index is 0.0329. The van der Waals surface area contributed by atoms with Gasteiger partial charge in [0.05, 0.1) is 7.11 Å². The van der Waals surface area contributed by atoms with E-state index in [0.717, 1.165) is 50.5 Å². The molecule has 2 heterocycles. The van der Waals surface area contributed by atoms with Crippen molar-refractivity contribution in [2.45, 2.75) is 25.6 Å². The van der Waals surface area contributed by atoms with Crippen molar-refractivity contribution in [3.63, 3.8) is 0 Å². The highest BCUT2D eigenvalue weighted by molar-refractivity contribution is 5.27. The Labute approximate surface area is 156 Å². The van der Waals surface area contributed by atoms with Crippen LogP contribution in [-0.2, 0) is 12.7 Å². The van der Waals surface area contributed by atoms with Crippen LogP contribution in [0.2, 0.25) is 0 Å². The summed E-state index contributed by atoms with van der Waals surface area (Å²) in [5, 5.41) is 2.95. The van der Waals surface area contributed by atoms with Crippen molar-refractivity contribution in [3.05, 3.63) is 47.8 Å². The number of halogens is 3. The molecule has 1 N–H and O–H groups in total. The van der Waals surface area contributed by atoms with Gasteiger partial charge in [0.25, 0.3) is 0 Å². The number of piperidine rings is 1. The maximum Gasteiger partial charge on any atom is 0.433 e. The molecule has 0 atom stereocenters. The highest BCUT2D eigenvalue weighted by atomic mass is 19.4. The van der Waals surface area contributed by atoms with Gasteiger partial charge in [0.2, 0.25) is 5.95 Å². The van der Waals surface area contributed by atoms with Crippen molar-refractivity contribution in [1.29, 1.82) is 0 Å². The van der Waals surface area contributed by atoms with Gasteiger partial charge >= 0.3 is 6.18 Å². The second-order valence-corrected chi connectivity index (χ2v) is 6.71. The Morgan fingerprint density at radius 3 is 2.48 bits per heavy atom. The standard InChI is InChI=1S/C19H23F3N4O/c1-27-16-4-2-15(3-5-16)13-26-10-7-14(8-11-26)12-24-18-23-9-6-17(25-18)19(20,21)22/h2-6,9,14H,7-8,10-13H2,1H3,(H,23,24,25). The van der Waals surface area contributed by atoms with Crippen LogP contribution in [0.15, 0.2) is 36.5 Å². The highest BCUT2D eigenvalue weighted by Gasteiger charge is 2.32. The molecule has 3 rings (SSSR count). The zero-order valence-electron chi connectivity index (χ0n) is 15.2. The van der Waals surface area contributed by atoms with E-state index in [4.69, 9.17) is 4.74 Å². The Balaban J connectivity index is 1.44. The molecule has 0 aliphatic carbocycles. The summed E-state index contributed by atoms with van der Waals surface area (Å²) < 4.78 is 43.3. The fourth-order valence-corrected chi connectivity index (χ4v) is 3.18. The molecular formula is C19H23F3N4O. The monoisotopic (exact) mass is 380 g/mol. The van der Waals surface area contributed by atoms with Gasteiger partial charge in [0.15, 0.2) is 0 Å². The van der Waals surface area contributed by atoms with E-state index in [0.29, 0.717) is 12.5 Å². The van der Waals surface area contributed by atoms with Gasteiger partial charge in [0.1, 0.15) is 11.4 Å². The van der Waals surface area contributed by atoms with Crippen LogP contribution < -0.4 is 10.1 Å². The average molecular weight is 380 g/mol. The molecule has 0 spiro atoms. The summed E-state index contributed by atoms with van der Waals surface area (Å²) in [6.07, 6.45) is -1.34. The smallest absolute Gasteiger partial charge is 0.433 e. The number of hydrogen-bond donors (Lipinski definition) is 1. The summed E-state index contributed by atoms with van der Waals surface area (Å²) in [5.74, 6) is 1.28. The molecule has 1 aliphatic heterocycles. The van der Waals surface area contributed by atoms with E-state index in [9.17, 15) is 13.2 Å². The van der Waals surface area contributed by atoms with E-state index >= 15 is 0 Å². The summed E-state index contributed by atoms with van der Waals surface area (Å²) in [5.41, 5.74) is 0.319. The van der Waals surface area contributed by atoms with E-state index in [-0.39, 0.29) is 5.95 Å². The van der Waals surface area contributed by atoms with Crippen LogP contribution in [0.3, 0.4) is 0 Å². The molecule has 1 fully saturated rings. The van der Waals surface area contributed by atoms with Crippen molar-refractivity contribution in [2.75, 3.05) is 32.1 Å². The molecule has 0 unspecified atom stereocenters. The van der Waals surface area contributed by atoms with Crippen molar-refractivity contribution in [1.82, 2.24) is 14.9 Å². The number of aromatic nitrogens is 2. The first kappa shape index (κ1) is 19.4. The first-order chi connectivity index (χ1) is 12.9. The van der Waals surface area contributed by atoms with Gasteiger partial charge in [-0.2, -0.15) is 13.2 Å². The lowest BCUT2D eigenvalue weighted by Crippen LogP contribution is -2.35. The Kier molecular flexibility index (Phi) is 6.15. The van der Waals surface area contributed by atoms with Gasteiger partial charge in [-0.15, -0.1) is 0 Å². The molecule has 27 heavy (non-hydrogen) atoms. The van der Waals surface area contributed by atoms with E-state index in [1.807, 2.05) is 12.1 Å². The third-order valence-electron chi connectivity index (χ3n) is 4.77. The number of alkyl halides is 3. The van der Waals surface area contributed by atoms with Crippen molar-refractivity contribution < 1.29 is 17.9 Å². The van der Waals surface area contributed by atoms with Gasteiger partial charge in [-0.1, -0.05) is 12.1 Å². The molecule has 2 aromatic rings. The zero-order valence-corrected chi connectivity index (χ0v) is 15.2. The van der Waals surface area contributed by atoms with Gasteiger partial charge in [-0.05, 0) is 55.6 Å². The molecule has 1 aromatic carbocycles. The zero-order chi connectivity index (χ0) is 19.3. The molecular weight excluding hydrogens is 357 g/mol. The number of nitrogens with zero attached hydrogens (tertiary/aromatic N) is 3.